The summed E-state index contributed by atoms with van der Waals surface area (Å²) in [4.78, 5) is 0. The van der Waals surface area contributed by atoms with Crippen LogP contribution in [0.1, 0.15) is 38.6 Å². The monoisotopic (exact) mass is 234 g/mol. The third-order valence-corrected chi connectivity index (χ3v) is 2.78. The molecule has 1 aromatic rings. The van der Waals surface area contributed by atoms with Gasteiger partial charge in [0.25, 0.3) is 0 Å². The van der Waals surface area contributed by atoms with Crippen LogP contribution in [0.5, 0.6) is 0 Å². The van der Waals surface area contributed by atoms with E-state index in [2.05, 4.69) is 36.4 Å². The molecule has 0 saturated heterocycles. The highest BCUT2D eigenvalue weighted by Crippen LogP contribution is 2.12. The maximum atomic E-state index is 9.24. The fraction of sp³-hybridized carbons (Fsp3) is 0.692. The number of nitrogens with zero attached hydrogens (tertiary/aromatic N) is 3. The molecule has 0 fully saturated rings. The zero-order valence-corrected chi connectivity index (χ0v) is 11.4. The van der Waals surface area contributed by atoms with Crippen molar-refractivity contribution in [3.63, 3.8) is 0 Å². The second-order valence-electron chi connectivity index (χ2n) is 5.14. The summed E-state index contributed by atoms with van der Waals surface area (Å²) >= 11 is 0. The molecule has 4 heteroatoms. The van der Waals surface area contributed by atoms with Crippen LogP contribution in [0.3, 0.4) is 0 Å². The van der Waals surface area contributed by atoms with Crippen molar-refractivity contribution >= 4 is 0 Å². The molecule has 0 aliphatic carbocycles. The van der Waals surface area contributed by atoms with E-state index in [9.17, 15) is 5.26 Å². The van der Waals surface area contributed by atoms with Gasteiger partial charge in [0, 0.05) is 18.3 Å². The molecule has 1 unspecified atom stereocenters. The highest BCUT2D eigenvalue weighted by molar-refractivity contribution is 5.08. The number of hydrogen-bond acceptors (Lipinski definition) is 3. The van der Waals surface area contributed by atoms with Crippen LogP contribution >= 0.6 is 0 Å². The number of aromatic nitrogens is 2. The lowest BCUT2D eigenvalue weighted by Gasteiger charge is -2.26. The Bertz CT molecular complexity index is 414. The Morgan fingerprint density at radius 2 is 2.18 bits per heavy atom. The molecule has 1 N–H and O–H groups in total. The second kappa shape index (κ2) is 5.33. The molecule has 0 aliphatic heterocycles. The Balaban J connectivity index is 2.65. The molecule has 17 heavy (non-hydrogen) atoms. The molecule has 0 amide bonds. The molecule has 0 spiro atoms. The summed E-state index contributed by atoms with van der Waals surface area (Å²) in [5.74, 6) is 0. The fourth-order valence-corrected chi connectivity index (χ4v) is 2.03. The quantitative estimate of drug-likeness (QED) is 0.849. The topological polar surface area (TPSA) is 53.6 Å². The van der Waals surface area contributed by atoms with Gasteiger partial charge in [0.1, 0.15) is 5.54 Å². The van der Waals surface area contributed by atoms with Crippen LogP contribution in [0.15, 0.2) is 6.07 Å². The lowest BCUT2D eigenvalue weighted by atomic mass is 9.99. The predicted molar refractivity (Wildman–Crippen MR) is 68.6 cm³/mol. The minimum atomic E-state index is -0.486. The van der Waals surface area contributed by atoms with Crippen LogP contribution in [0.25, 0.3) is 0 Å². The first kappa shape index (κ1) is 13.7. The van der Waals surface area contributed by atoms with Crippen molar-refractivity contribution in [1.29, 1.82) is 5.26 Å². The zero-order valence-electron chi connectivity index (χ0n) is 11.4. The normalized spacial score (nSPS) is 14.6. The summed E-state index contributed by atoms with van der Waals surface area (Å²) in [6, 6.07) is 4.71. The number of nitrogens with one attached hydrogen (secondary N) is 1. The van der Waals surface area contributed by atoms with Crippen LogP contribution in [0, 0.1) is 25.2 Å². The first-order chi connectivity index (χ1) is 7.86. The predicted octanol–water partition coefficient (Wildman–Crippen LogP) is 2.17. The summed E-state index contributed by atoms with van der Waals surface area (Å²) in [6.45, 7) is 10.8. The van der Waals surface area contributed by atoms with Gasteiger partial charge in [-0.25, -0.2) is 0 Å². The van der Waals surface area contributed by atoms with Crippen LogP contribution in [0.4, 0.5) is 0 Å². The Kier molecular flexibility index (Phi) is 4.30. The lowest BCUT2D eigenvalue weighted by molar-refractivity contribution is 0.353. The highest BCUT2D eigenvalue weighted by Gasteiger charge is 2.24. The van der Waals surface area contributed by atoms with Crippen molar-refractivity contribution < 1.29 is 0 Å². The first-order valence-corrected chi connectivity index (χ1v) is 6.06. The third kappa shape index (κ3) is 3.86. The average Bonchev–Trinajstić information content (AvgIpc) is 2.53. The molecule has 1 atom stereocenters. The molecule has 1 heterocycles. The van der Waals surface area contributed by atoms with Gasteiger partial charge in [-0.15, -0.1) is 0 Å². The minimum absolute atomic E-state index is 0.306. The van der Waals surface area contributed by atoms with Gasteiger partial charge < -0.3 is 0 Å². The van der Waals surface area contributed by atoms with Crippen LogP contribution in [0.2, 0.25) is 0 Å². The fourth-order valence-electron chi connectivity index (χ4n) is 2.03. The highest BCUT2D eigenvalue weighted by atomic mass is 15.3. The Morgan fingerprint density at radius 3 is 2.59 bits per heavy atom. The van der Waals surface area contributed by atoms with Gasteiger partial charge in [0.15, 0.2) is 0 Å². The van der Waals surface area contributed by atoms with Crippen molar-refractivity contribution in [3.8, 4) is 6.07 Å². The van der Waals surface area contributed by atoms with E-state index in [1.54, 1.807) is 0 Å². The van der Waals surface area contributed by atoms with Gasteiger partial charge in [-0.1, -0.05) is 0 Å². The Labute approximate surface area is 104 Å². The van der Waals surface area contributed by atoms with E-state index in [-0.39, 0.29) is 0 Å². The summed E-state index contributed by atoms with van der Waals surface area (Å²) < 4.78 is 1.97. The van der Waals surface area contributed by atoms with E-state index in [0.29, 0.717) is 6.04 Å². The second-order valence-corrected chi connectivity index (χ2v) is 5.14. The molecule has 1 aromatic heterocycles. The smallest absolute Gasteiger partial charge is 0.105 e. The minimum Gasteiger partial charge on any atom is -0.297 e. The standard InChI is InChI=1S/C13H22N4/c1-10(2)15-13(5,9-14)6-7-17-12(4)8-11(3)16-17/h8,10,15H,6-7H2,1-5H3. The third-order valence-electron chi connectivity index (χ3n) is 2.78. The van der Waals surface area contributed by atoms with Gasteiger partial charge >= 0.3 is 0 Å². The van der Waals surface area contributed by atoms with E-state index < -0.39 is 5.54 Å². The Hall–Kier alpha value is -1.34. The maximum absolute atomic E-state index is 9.24. The maximum Gasteiger partial charge on any atom is 0.105 e. The van der Waals surface area contributed by atoms with E-state index in [4.69, 9.17) is 0 Å². The summed E-state index contributed by atoms with van der Waals surface area (Å²) in [5, 5.41) is 17.0. The first-order valence-electron chi connectivity index (χ1n) is 6.06. The molecule has 0 aliphatic rings. The van der Waals surface area contributed by atoms with Crippen LogP contribution in [-0.4, -0.2) is 21.4 Å². The van der Waals surface area contributed by atoms with Gasteiger partial charge in [-0.05, 0) is 47.1 Å². The number of hydrogen-bond donors (Lipinski definition) is 1. The molecule has 0 radical (unpaired) electrons. The Morgan fingerprint density at radius 1 is 1.53 bits per heavy atom. The summed E-state index contributed by atoms with van der Waals surface area (Å²) in [5.41, 5.74) is 1.69. The van der Waals surface area contributed by atoms with E-state index in [0.717, 1.165) is 24.4 Å². The van der Waals surface area contributed by atoms with Crippen molar-refractivity contribution in [3.05, 3.63) is 17.5 Å². The van der Waals surface area contributed by atoms with Gasteiger partial charge in [0.2, 0.25) is 0 Å². The molecule has 4 nitrogen and oxygen atoms in total. The van der Waals surface area contributed by atoms with Crippen molar-refractivity contribution in [2.45, 2.75) is 59.2 Å². The van der Waals surface area contributed by atoms with Gasteiger partial charge in [-0.3, -0.25) is 10.00 Å². The average molecular weight is 234 g/mol. The molecule has 0 aromatic carbocycles. The van der Waals surface area contributed by atoms with E-state index in [1.807, 2.05) is 25.5 Å². The number of nitriles is 1. The van der Waals surface area contributed by atoms with Crippen molar-refractivity contribution in [1.82, 2.24) is 15.1 Å². The van der Waals surface area contributed by atoms with E-state index in [1.165, 1.54) is 0 Å². The largest absolute Gasteiger partial charge is 0.297 e. The number of aryl methyl sites for hydroxylation is 3. The zero-order chi connectivity index (χ0) is 13.1. The lowest BCUT2D eigenvalue weighted by Crippen LogP contribution is -2.45. The summed E-state index contributed by atoms with van der Waals surface area (Å²) in [6.07, 6.45) is 0.754. The van der Waals surface area contributed by atoms with Crippen LogP contribution in [-0.2, 0) is 6.54 Å². The molecule has 1 rings (SSSR count). The van der Waals surface area contributed by atoms with Crippen molar-refractivity contribution in [2.24, 2.45) is 0 Å². The molecular formula is C13H22N4. The summed E-state index contributed by atoms with van der Waals surface area (Å²) in [7, 11) is 0. The number of rotatable bonds is 5. The SMILES string of the molecule is Cc1cc(C)n(CCC(C)(C#N)NC(C)C)n1. The van der Waals surface area contributed by atoms with Gasteiger partial charge in [-0.2, -0.15) is 10.4 Å². The van der Waals surface area contributed by atoms with Gasteiger partial charge in [0.05, 0.1) is 11.8 Å². The molecule has 94 valence electrons. The molecule has 0 saturated carbocycles. The van der Waals surface area contributed by atoms with E-state index >= 15 is 0 Å². The van der Waals surface area contributed by atoms with Crippen molar-refractivity contribution in [2.75, 3.05) is 0 Å². The molecular weight excluding hydrogens is 212 g/mol. The molecule has 0 bridgehead atoms. The van der Waals surface area contributed by atoms with Crippen LogP contribution < -0.4 is 5.32 Å².